The van der Waals surface area contributed by atoms with E-state index in [1.165, 1.54) is 0 Å². The first-order chi connectivity index (χ1) is 8.26. The van der Waals surface area contributed by atoms with Gasteiger partial charge in [0.15, 0.2) is 0 Å². The van der Waals surface area contributed by atoms with Crippen molar-refractivity contribution in [3.05, 3.63) is 24.3 Å². The Balaban J connectivity index is 2.23. The van der Waals surface area contributed by atoms with Gasteiger partial charge >= 0.3 is 0 Å². The van der Waals surface area contributed by atoms with Gasteiger partial charge in [-0.05, 0) is 38.1 Å². The van der Waals surface area contributed by atoms with Crippen LogP contribution in [0.1, 0.15) is 13.8 Å². The van der Waals surface area contributed by atoms with E-state index >= 15 is 0 Å². The fourth-order valence-electron chi connectivity index (χ4n) is 1.28. The van der Waals surface area contributed by atoms with Crippen molar-refractivity contribution in [3.8, 4) is 11.5 Å². The molecule has 1 rings (SSSR count). The average Bonchev–Trinajstić information content (AvgIpc) is 2.36. The van der Waals surface area contributed by atoms with Gasteiger partial charge in [0.2, 0.25) is 0 Å². The number of benzene rings is 1. The standard InChI is InChI=1S/C13H21NO3/c1-3-15-12-4-6-13(7-5-12)17-9-8-16-11(2)10-14/h4-7,11H,3,8-10,14H2,1-2H3. The molecule has 0 amide bonds. The second-order valence-corrected chi connectivity index (χ2v) is 3.67. The highest BCUT2D eigenvalue weighted by molar-refractivity contribution is 5.31. The highest BCUT2D eigenvalue weighted by Crippen LogP contribution is 2.17. The van der Waals surface area contributed by atoms with Crippen molar-refractivity contribution in [2.24, 2.45) is 5.73 Å². The molecule has 1 atom stereocenters. The van der Waals surface area contributed by atoms with Crippen molar-refractivity contribution in [2.45, 2.75) is 20.0 Å². The second kappa shape index (κ2) is 7.92. The Morgan fingerprint density at radius 3 is 2.18 bits per heavy atom. The van der Waals surface area contributed by atoms with Crippen molar-refractivity contribution >= 4 is 0 Å². The largest absolute Gasteiger partial charge is 0.494 e. The smallest absolute Gasteiger partial charge is 0.119 e. The molecule has 0 spiro atoms. The number of nitrogens with two attached hydrogens (primary N) is 1. The normalized spacial score (nSPS) is 12.2. The summed E-state index contributed by atoms with van der Waals surface area (Å²) in [6.45, 7) is 6.18. The summed E-state index contributed by atoms with van der Waals surface area (Å²) < 4.78 is 16.3. The first-order valence-corrected chi connectivity index (χ1v) is 5.93. The third-order valence-corrected chi connectivity index (χ3v) is 2.22. The Bertz CT molecular complexity index is 300. The van der Waals surface area contributed by atoms with Crippen LogP contribution < -0.4 is 15.2 Å². The third-order valence-electron chi connectivity index (χ3n) is 2.22. The maximum Gasteiger partial charge on any atom is 0.119 e. The molecule has 2 N–H and O–H groups in total. The minimum atomic E-state index is 0.0823. The van der Waals surface area contributed by atoms with E-state index in [1.54, 1.807) is 0 Å². The number of hydrogen-bond acceptors (Lipinski definition) is 4. The predicted molar refractivity (Wildman–Crippen MR) is 67.6 cm³/mol. The first-order valence-electron chi connectivity index (χ1n) is 5.93. The van der Waals surface area contributed by atoms with Gasteiger partial charge in [-0.3, -0.25) is 0 Å². The lowest BCUT2D eigenvalue weighted by molar-refractivity contribution is 0.0496. The summed E-state index contributed by atoms with van der Waals surface area (Å²) in [4.78, 5) is 0. The van der Waals surface area contributed by atoms with Gasteiger partial charge in [-0.1, -0.05) is 0 Å². The first kappa shape index (κ1) is 13.8. The molecule has 1 aromatic rings. The Kier molecular flexibility index (Phi) is 6.43. The van der Waals surface area contributed by atoms with Crippen molar-refractivity contribution in [1.29, 1.82) is 0 Å². The van der Waals surface area contributed by atoms with Gasteiger partial charge in [-0.15, -0.1) is 0 Å². The van der Waals surface area contributed by atoms with Crippen LogP contribution in [0, 0.1) is 0 Å². The summed E-state index contributed by atoms with van der Waals surface area (Å²) in [6.07, 6.45) is 0.0823. The maximum atomic E-state index is 5.51. The Morgan fingerprint density at radius 2 is 1.65 bits per heavy atom. The third kappa shape index (κ3) is 5.56. The fraction of sp³-hybridized carbons (Fsp3) is 0.538. The molecular weight excluding hydrogens is 218 g/mol. The van der Waals surface area contributed by atoms with Crippen LogP contribution >= 0.6 is 0 Å². The Labute approximate surface area is 103 Å². The molecule has 0 bridgehead atoms. The molecule has 0 aliphatic rings. The topological polar surface area (TPSA) is 53.7 Å². The summed E-state index contributed by atoms with van der Waals surface area (Å²) in [7, 11) is 0. The fourth-order valence-corrected chi connectivity index (χ4v) is 1.28. The molecule has 0 radical (unpaired) electrons. The highest BCUT2D eigenvalue weighted by Gasteiger charge is 1.99. The van der Waals surface area contributed by atoms with Crippen LogP contribution in [-0.4, -0.2) is 32.5 Å². The minimum absolute atomic E-state index is 0.0823. The molecule has 0 aliphatic carbocycles. The summed E-state index contributed by atoms with van der Waals surface area (Å²) in [5, 5.41) is 0. The zero-order valence-corrected chi connectivity index (χ0v) is 10.5. The zero-order chi connectivity index (χ0) is 12.5. The average molecular weight is 239 g/mol. The predicted octanol–water partition coefficient (Wildman–Crippen LogP) is 1.83. The molecule has 17 heavy (non-hydrogen) atoms. The van der Waals surface area contributed by atoms with Gasteiger partial charge in [0.25, 0.3) is 0 Å². The molecular formula is C13H21NO3. The molecule has 0 fully saturated rings. The van der Waals surface area contributed by atoms with Gasteiger partial charge in [-0.2, -0.15) is 0 Å². The molecule has 0 saturated heterocycles. The van der Waals surface area contributed by atoms with Gasteiger partial charge < -0.3 is 19.9 Å². The van der Waals surface area contributed by atoms with E-state index in [2.05, 4.69) is 0 Å². The molecule has 4 nitrogen and oxygen atoms in total. The lowest BCUT2D eigenvalue weighted by Crippen LogP contribution is -2.22. The van der Waals surface area contributed by atoms with Crippen LogP contribution in [0.4, 0.5) is 0 Å². The van der Waals surface area contributed by atoms with E-state index in [4.69, 9.17) is 19.9 Å². The monoisotopic (exact) mass is 239 g/mol. The van der Waals surface area contributed by atoms with Crippen LogP contribution in [0.25, 0.3) is 0 Å². The molecule has 0 saturated carbocycles. The molecule has 0 aromatic heterocycles. The van der Waals surface area contributed by atoms with Crippen LogP contribution in [0.5, 0.6) is 11.5 Å². The summed E-state index contributed by atoms with van der Waals surface area (Å²) in [5.74, 6) is 1.67. The molecule has 4 heteroatoms. The SMILES string of the molecule is CCOc1ccc(OCCOC(C)CN)cc1. The lowest BCUT2D eigenvalue weighted by Gasteiger charge is -2.11. The van der Waals surface area contributed by atoms with Crippen LogP contribution in [-0.2, 0) is 4.74 Å². The van der Waals surface area contributed by atoms with Gasteiger partial charge in [0.05, 0.1) is 19.3 Å². The summed E-state index contributed by atoms with van der Waals surface area (Å²) in [6, 6.07) is 7.55. The quantitative estimate of drug-likeness (QED) is 0.703. The van der Waals surface area contributed by atoms with E-state index < -0.39 is 0 Å². The molecule has 0 heterocycles. The molecule has 1 aromatic carbocycles. The van der Waals surface area contributed by atoms with E-state index in [-0.39, 0.29) is 6.10 Å². The number of hydrogen-bond donors (Lipinski definition) is 1. The van der Waals surface area contributed by atoms with E-state index in [9.17, 15) is 0 Å². The number of ether oxygens (including phenoxy) is 3. The Hall–Kier alpha value is -1.26. The van der Waals surface area contributed by atoms with E-state index in [1.807, 2.05) is 38.1 Å². The van der Waals surface area contributed by atoms with Gasteiger partial charge in [0.1, 0.15) is 18.1 Å². The minimum Gasteiger partial charge on any atom is -0.494 e. The van der Waals surface area contributed by atoms with Crippen molar-refractivity contribution in [3.63, 3.8) is 0 Å². The van der Waals surface area contributed by atoms with E-state index in [0.29, 0.717) is 26.4 Å². The summed E-state index contributed by atoms with van der Waals surface area (Å²) >= 11 is 0. The zero-order valence-electron chi connectivity index (χ0n) is 10.5. The molecule has 1 unspecified atom stereocenters. The van der Waals surface area contributed by atoms with Crippen molar-refractivity contribution in [1.82, 2.24) is 0 Å². The Morgan fingerprint density at radius 1 is 1.06 bits per heavy atom. The van der Waals surface area contributed by atoms with Crippen LogP contribution in [0.15, 0.2) is 24.3 Å². The molecule has 96 valence electrons. The van der Waals surface area contributed by atoms with Gasteiger partial charge in [0, 0.05) is 6.54 Å². The van der Waals surface area contributed by atoms with Crippen LogP contribution in [0.3, 0.4) is 0 Å². The molecule has 0 aliphatic heterocycles. The van der Waals surface area contributed by atoms with Crippen molar-refractivity contribution < 1.29 is 14.2 Å². The van der Waals surface area contributed by atoms with Gasteiger partial charge in [-0.25, -0.2) is 0 Å². The number of rotatable bonds is 8. The lowest BCUT2D eigenvalue weighted by atomic mass is 10.3. The van der Waals surface area contributed by atoms with E-state index in [0.717, 1.165) is 11.5 Å². The van der Waals surface area contributed by atoms with Crippen molar-refractivity contribution in [2.75, 3.05) is 26.4 Å². The van der Waals surface area contributed by atoms with Crippen LogP contribution in [0.2, 0.25) is 0 Å². The highest BCUT2D eigenvalue weighted by atomic mass is 16.5. The summed E-state index contributed by atoms with van der Waals surface area (Å²) in [5.41, 5.74) is 5.43. The second-order valence-electron chi connectivity index (χ2n) is 3.67. The maximum absolute atomic E-state index is 5.51.